The van der Waals surface area contributed by atoms with Crippen LogP contribution in [0.25, 0.3) is 0 Å². The van der Waals surface area contributed by atoms with Crippen LogP contribution in [0.4, 0.5) is 4.79 Å². The Morgan fingerprint density at radius 3 is 2.48 bits per heavy atom. The lowest BCUT2D eigenvalue weighted by Crippen LogP contribution is -2.49. The molecule has 172 valence electrons. The normalized spacial score (nSPS) is 18.2. The summed E-state index contributed by atoms with van der Waals surface area (Å²) in [7, 11) is 1.74. The number of methoxy groups -OCH3 is 1. The molecule has 0 aromatic rings. The van der Waals surface area contributed by atoms with E-state index in [1.165, 1.54) is 12.8 Å². The number of aliphatic imine (C=N–C) groups is 1. The van der Waals surface area contributed by atoms with Crippen molar-refractivity contribution in [2.24, 2.45) is 4.99 Å². The monoisotopic (exact) mass is 527 g/mol. The predicted molar refractivity (Wildman–Crippen MR) is 129 cm³/mol. The van der Waals surface area contributed by atoms with E-state index < -0.39 is 17.2 Å². The van der Waals surface area contributed by atoms with Crippen LogP contribution in [0.2, 0.25) is 0 Å². The molecular weight excluding hydrogens is 485 g/mol. The fourth-order valence-electron chi connectivity index (χ4n) is 3.08. The van der Waals surface area contributed by atoms with Gasteiger partial charge in [-0.3, -0.25) is 9.89 Å². The van der Waals surface area contributed by atoms with Gasteiger partial charge in [-0.25, -0.2) is 4.79 Å². The molecule has 1 amide bonds. The minimum absolute atomic E-state index is 0. The molecule has 0 saturated carbocycles. The number of guanidine groups is 1. The Kier molecular flexibility index (Phi) is 13.1. The number of alkyl carbamates (subject to hydrolysis) is 1. The summed E-state index contributed by atoms with van der Waals surface area (Å²) in [4.78, 5) is 19.2. The number of hydrogen-bond donors (Lipinski definition) is 3. The molecule has 1 fully saturated rings. The van der Waals surface area contributed by atoms with Gasteiger partial charge in [-0.1, -0.05) is 0 Å². The van der Waals surface area contributed by atoms with E-state index in [-0.39, 0.29) is 24.0 Å². The molecule has 0 aliphatic carbocycles. The van der Waals surface area contributed by atoms with Gasteiger partial charge in [0.05, 0.1) is 18.7 Å². The van der Waals surface area contributed by atoms with Crippen molar-refractivity contribution in [1.29, 1.82) is 0 Å². The van der Waals surface area contributed by atoms with Crippen LogP contribution in [0.15, 0.2) is 4.99 Å². The molecular formula is C20H42IN5O3. The minimum atomic E-state index is -0.518. The third-order valence-electron chi connectivity index (χ3n) is 4.40. The van der Waals surface area contributed by atoms with E-state index in [4.69, 9.17) is 9.47 Å². The third-order valence-corrected chi connectivity index (χ3v) is 4.40. The fourth-order valence-corrected chi connectivity index (χ4v) is 3.08. The Morgan fingerprint density at radius 2 is 1.90 bits per heavy atom. The molecule has 0 aromatic carbocycles. The van der Waals surface area contributed by atoms with Gasteiger partial charge in [0.15, 0.2) is 5.96 Å². The van der Waals surface area contributed by atoms with Crippen LogP contribution in [0, 0.1) is 0 Å². The van der Waals surface area contributed by atoms with Crippen LogP contribution >= 0.6 is 24.0 Å². The minimum Gasteiger partial charge on any atom is -0.444 e. The summed E-state index contributed by atoms with van der Waals surface area (Å²) < 4.78 is 10.6. The maximum absolute atomic E-state index is 12.0. The molecule has 1 rings (SSSR count). The number of likely N-dealkylation sites (tertiary alicyclic amines) is 1. The molecule has 1 aliphatic rings. The van der Waals surface area contributed by atoms with Crippen molar-refractivity contribution in [3.63, 3.8) is 0 Å². The van der Waals surface area contributed by atoms with E-state index in [1.807, 2.05) is 41.5 Å². The molecule has 8 nitrogen and oxygen atoms in total. The Morgan fingerprint density at radius 1 is 1.21 bits per heavy atom. The Hall–Kier alpha value is -0.810. The highest BCUT2D eigenvalue weighted by molar-refractivity contribution is 14.0. The lowest BCUT2D eigenvalue weighted by Gasteiger charge is -2.28. The lowest BCUT2D eigenvalue weighted by molar-refractivity contribution is 0.0476. The summed E-state index contributed by atoms with van der Waals surface area (Å²) in [5.41, 5.74) is -1.03. The van der Waals surface area contributed by atoms with Crippen molar-refractivity contribution in [3.8, 4) is 0 Å². The number of carbonyl (C=O) groups excluding carboxylic acids is 1. The zero-order chi connectivity index (χ0) is 21.2. The van der Waals surface area contributed by atoms with Gasteiger partial charge in [0.25, 0.3) is 0 Å². The van der Waals surface area contributed by atoms with E-state index in [1.54, 1.807) is 7.11 Å². The molecule has 29 heavy (non-hydrogen) atoms. The molecule has 9 heteroatoms. The quantitative estimate of drug-likeness (QED) is 0.243. The smallest absolute Gasteiger partial charge is 0.408 e. The van der Waals surface area contributed by atoms with Gasteiger partial charge in [-0.05, 0) is 60.9 Å². The first kappa shape index (κ1) is 28.2. The van der Waals surface area contributed by atoms with Crippen LogP contribution < -0.4 is 16.0 Å². The maximum atomic E-state index is 12.0. The molecule has 1 aliphatic heterocycles. The molecule has 0 spiro atoms. The summed E-state index contributed by atoms with van der Waals surface area (Å²) in [6, 6.07) is 0.493. The average molecular weight is 527 g/mol. The van der Waals surface area contributed by atoms with E-state index in [9.17, 15) is 4.79 Å². The Bertz CT molecular complexity index is 509. The molecule has 1 atom stereocenters. The number of rotatable bonds is 9. The fraction of sp³-hybridized carbons (Fsp3) is 0.900. The van der Waals surface area contributed by atoms with Gasteiger partial charge in [-0.15, -0.1) is 24.0 Å². The van der Waals surface area contributed by atoms with E-state index in [0.29, 0.717) is 12.6 Å². The van der Waals surface area contributed by atoms with Crippen molar-refractivity contribution in [2.75, 3.05) is 46.4 Å². The first-order valence-corrected chi connectivity index (χ1v) is 10.3. The highest BCUT2D eigenvalue weighted by Gasteiger charge is 2.26. The molecule has 1 heterocycles. The standard InChI is InChI=1S/C20H41N5O3.HI/c1-8-21-17(22-14-16-10-9-11-25(16)12-13-27-7)23-15-20(5,6)24-18(26)28-19(2,3)4;/h16H,8-15H2,1-7H3,(H,24,26)(H2,21,22,23);1H. The second kappa shape index (κ2) is 13.5. The zero-order valence-corrected chi connectivity index (χ0v) is 21.6. The van der Waals surface area contributed by atoms with Crippen molar-refractivity contribution in [1.82, 2.24) is 20.9 Å². The molecule has 0 bridgehead atoms. The zero-order valence-electron chi connectivity index (χ0n) is 19.3. The second-order valence-electron chi connectivity index (χ2n) is 8.91. The summed E-state index contributed by atoms with van der Waals surface area (Å²) in [6.45, 7) is 16.4. The Labute approximate surface area is 194 Å². The lowest BCUT2D eigenvalue weighted by atomic mass is 10.1. The van der Waals surface area contributed by atoms with Crippen LogP contribution in [0.1, 0.15) is 54.4 Å². The van der Waals surface area contributed by atoms with Gasteiger partial charge >= 0.3 is 6.09 Å². The molecule has 1 unspecified atom stereocenters. The highest BCUT2D eigenvalue weighted by atomic mass is 127. The van der Waals surface area contributed by atoms with Gasteiger partial charge in [0, 0.05) is 32.8 Å². The summed E-state index contributed by atoms with van der Waals surface area (Å²) >= 11 is 0. The molecule has 3 N–H and O–H groups in total. The Balaban J connectivity index is 0.00000784. The summed E-state index contributed by atoms with van der Waals surface area (Å²) in [5.74, 6) is 0.764. The number of halogens is 1. The third kappa shape index (κ3) is 12.5. The number of nitrogens with one attached hydrogen (secondary N) is 3. The van der Waals surface area contributed by atoms with Crippen LogP contribution in [-0.4, -0.2) is 80.6 Å². The summed E-state index contributed by atoms with van der Waals surface area (Å²) in [5, 5.41) is 9.62. The molecule has 0 radical (unpaired) electrons. The van der Waals surface area contributed by atoms with E-state index in [0.717, 1.165) is 38.7 Å². The number of nitrogens with zero attached hydrogens (tertiary/aromatic N) is 2. The van der Waals surface area contributed by atoms with Gasteiger partial charge in [-0.2, -0.15) is 0 Å². The average Bonchev–Trinajstić information content (AvgIpc) is 3.00. The van der Waals surface area contributed by atoms with Gasteiger partial charge < -0.3 is 25.4 Å². The van der Waals surface area contributed by atoms with Crippen molar-refractivity contribution in [3.05, 3.63) is 0 Å². The molecule has 1 saturated heterocycles. The van der Waals surface area contributed by atoms with Crippen LogP contribution in [0.5, 0.6) is 0 Å². The largest absolute Gasteiger partial charge is 0.444 e. The number of ether oxygens (including phenoxy) is 2. The first-order chi connectivity index (χ1) is 13.1. The van der Waals surface area contributed by atoms with E-state index in [2.05, 4.69) is 25.8 Å². The summed E-state index contributed by atoms with van der Waals surface area (Å²) in [6.07, 6.45) is 1.98. The topological polar surface area (TPSA) is 87.2 Å². The second-order valence-corrected chi connectivity index (χ2v) is 8.91. The van der Waals surface area contributed by atoms with Gasteiger partial charge in [0.2, 0.25) is 0 Å². The SMILES string of the molecule is CCNC(=NCC(C)(C)NC(=O)OC(C)(C)C)NCC1CCCN1CCOC.I. The van der Waals surface area contributed by atoms with Crippen LogP contribution in [-0.2, 0) is 9.47 Å². The number of hydrogen-bond acceptors (Lipinski definition) is 5. The van der Waals surface area contributed by atoms with Crippen molar-refractivity contribution < 1.29 is 14.3 Å². The van der Waals surface area contributed by atoms with Crippen LogP contribution in [0.3, 0.4) is 0 Å². The highest BCUT2D eigenvalue weighted by Crippen LogP contribution is 2.16. The van der Waals surface area contributed by atoms with Crippen molar-refractivity contribution >= 4 is 36.0 Å². The number of carbonyl (C=O) groups is 1. The number of amides is 1. The van der Waals surface area contributed by atoms with Crippen molar-refractivity contribution in [2.45, 2.75) is 71.6 Å². The van der Waals surface area contributed by atoms with E-state index >= 15 is 0 Å². The first-order valence-electron chi connectivity index (χ1n) is 10.3. The molecule has 0 aromatic heterocycles. The predicted octanol–water partition coefficient (Wildman–Crippen LogP) is 2.57. The maximum Gasteiger partial charge on any atom is 0.408 e. The van der Waals surface area contributed by atoms with Gasteiger partial charge in [0.1, 0.15) is 5.60 Å².